The van der Waals surface area contributed by atoms with E-state index in [2.05, 4.69) is 20.3 Å². The summed E-state index contributed by atoms with van der Waals surface area (Å²) in [4.78, 5) is 19.4. The molecule has 1 aromatic carbocycles. The van der Waals surface area contributed by atoms with Crippen LogP contribution in [0, 0.1) is 17.1 Å². The first kappa shape index (κ1) is 21.5. The first-order valence-electron chi connectivity index (χ1n) is 10.8. The second kappa shape index (κ2) is 8.88. The fourth-order valence-electron chi connectivity index (χ4n) is 4.14. The van der Waals surface area contributed by atoms with E-state index in [1.807, 2.05) is 29.2 Å². The molecule has 170 valence electrons. The molecule has 9 nitrogen and oxygen atoms in total. The number of β-amino-alcohol motifs (C(OH)–C–C–N with tert-alkyl or cyclic N) is 1. The number of hydrogen-bond acceptors (Lipinski definition) is 9. The van der Waals surface area contributed by atoms with Crippen LogP contribution < -0.4 is 16.0 Å². The van der Waals surface area contributed by atoms with Crippen LogP contribution in [0.5, 0.6) is 0 Å². The van der Waals surface area contributed by atoms with Crippen molar-refractivity contribution >= 4 is 28.2 Å². The summed E-state index contributed by atoms with van der Waals surface area (Å²) >= 11 is 0. The number of anilines is 3. The number of nitrogens with two attached hydrogens (primary N) is 1. The van der Waals surface area contributed by atoms with E-state index in [0.717, 1.165) is 16.9 Å². The molecule has 0 amide bonds. The lowest BCUT2D eigenvalue weighted by molar-refractivity contribution is 0.142. The molecule has 4 heterocycles. The highest BCUT2D eigenvalue weighted by Gasteiger charge is 2.30. The summed E-state index contributed by atoms with van der Waals surface area (Å²) in [5.41, 5.74) is 9.66. The molecule has 1 aliphatic heterocycles. The predicted octanol–water partition coefficient (Wildman–Crippen LogP) is 2.52. The van der Waals surface area contributed by atoms with Gasteiger partial charge in [-0.1, -0.05) is 6.07 Å². The molecule has 1 saturated heterocycles. The topological polar surface area (TPSA) is 137 Å². The summed E-state index contributed by atoms with van der Waals surface area (Å²) in [5.74, 6) is 0.102. The van der Waals surface area contributed by atoms with Crippen LogP contribution in [-0.4, -0.2) is 50.8 Å². The molecule has 4 aromatic rings. The Morgan fingerprint density at radius 2 is 2.06 bits per heavy atom. The van der Waals surface area contributed by atoms with Crippen LogP contribution in [0.2, 0.25) is 0 Å². The van der Waals surface area contributed by atoms with Gasteiger partial charge in [0.2, 0.25) is 0 Å². The van der Waals surface area contributed by atoms with Gasteiger partial charge in [0.05, 0.1) is 28.7 Å². The molecule has 0 bridgehead atoms. The lowest BCUT2D eigenvalue weighted by Crippen LogP contribution is -2.51. The number of nitriles is 1. The van der Waals surface area contributed by atoms with Gasteiger partial charge in [0.15, 0.2) is 0 Å². The Balaban J connectivity index is 1.59. The zero-order valence-corrected chi connectivity index (χ0v) is 18.1. The summed E-state index contributed by atoms with van der Waals surface area (Å²) < 4.78 is 14.2. The summed E-state index contributed by atoms with van der Waals surface area (Å²) in [7, 11) is 0. The highest BCUT2D eigenvalue weighted by molar-refractivity contribution is 6.01. The highest BCUT2D eigenvalue weighted by atomic mass is 19.1. The summed E-state index contributed by atoms with van der Waals surface area (Å²) in [6, 6.07) is 12.1. The number of benzene rings is 1. The number of aliphatic hydroxyl groups is 1. The van der Waals surface area contributed by atoms with Crippen LogP contribution in [-0.2, 0) is 6.42 Å². The van der Waals surface area contributed by atoms with Crippen molar-refractivity contribution < 1.29 is 9.50 Å². The number of pyridine rings is 2. The van der Waals surface area contributed by atoms with Gasteiger partial charge in [-0.2, -0.15) is 5.26 Å². The minimum Gasteiger partial charge on any atom is -0.389 e. The van der Waals surface area contributed by atoms with E-state index in [0.29, 0.717) is 48.5 Å². The molecule has 0 unspecified atom stereocenters. The number of aromatic nitrogens is 4. The number of fused-ring (bicyclic) bond motifs is 1. The van der Waals surface area contributed by atoms with Crippen LogP contribution in [0.1, 0.15) is 11.3 Å². The molecule has 5 rings (SSSR count). The van der Waals surface area contributed by atoms with Crippen molar-refractivity contribution in [1.29, 1.82) is 5.26 Å². The molecule has 0 aliphatic carbocycles. The summed E-state index contributed by atoms with van der Waals surface area (Å²) in [6.07, 6.45) is 3.03. The van der Waals surface area contributed by atoms with Crippen molar-refractivity contribution in [3.05, 3.63) is 66.0 Å². The molecule has 0 spiro atoms. The molecule has 1 fully saturated rings. The maximum Gasteiger partial charge on any atom is 0.149 e. The third-order valence-electron chi connectivity index (χ3n) is 5.74. The molecule has 4 N–H and O–H groups in total. The van der Waals surface area contributed by atoms with Crippen molar-refractivity contribution in [1.82, 2.24) is 19.9 Å². The van der Waals surface area contributed by atoms with Crippen molar-refractivity contribution in [2.75, 3.05) is 35.6 Å². The van der Waals surface area contributed by atoms with Gasteiger partial charge in [0, 0.05) is 43.2 Å². The van der Waals surface area contributed by atoms with Gasteiger partial charge in [-0.15, -0.1) is 0 Å². The number of nitrogen functional groups attached to an aromatic ring is 1. The average Bonchev–Trinajstić information content (AvgIpc) is 2.82. The number of halogens is 1. The smallest absolute Gasteiger partial charge is 0.149 e. The normalized spacial score (nSPS) is 13.5. The molecule has 0 saturated carbocycles. The van der Waals surface area contributed by atoms with Gasteiger partial charge in [0.1, 0.15) is 35.4 Å². The summed E-state index contributed by atoms with van der Waals surface area (Å²) in [6.45, 7) is 1.30. The molecule has 10 heteroatoms. The average molecular weight is 456 g/mol. The number of rotatable bonds is 6. The van der Waals surface area contributed by atoms with E-state index in [9.17, 15) is 14.8 Å². The zero-order valence-electron chi connectivity index (χ0n) is 18.1. The number of hydrogen-bond donors (Lipinski definition) is 3. The maximum atomic E-state index is 14.2. The lowest BCUT2D eigenvalue weighted by Gasteiger charge is -2.40. The largest absolute Gasteiger partial charge is 0.389 e. The van der Waals surface area contributed by atoms with Gasteiger partial charge >= 0.3 is 0 Å². The Morgan fingerprint density at radius 3 is 2.79 bits per heavy atom. The highest BCUT2D eigenvalue weighted by Crippen LogP contribution is 2.40. The fraction of sp³-hybridized carbons (Fsp3) is 0.208. The molecule has 0 atom stereocenters. The van der Waals surface area contributed by atoms with Crippen molar-refractivity contribution in [3.63, 3.8) is 0 Å². The molecule has 1 aliphatic rings. The fourth-order valence-corrected chi connectivity index (χ4v) is 4.14. The van der Waals surface area contributed by atoms with Crippen LogP contribution in [0.15, 0.2) is 48.9 Å². The lowest BCUT2D eigenvalue weighted by atomic mass is 9.97. The van der Waals surface area contributed by atoms with Gasteiger partial charge < -0.3 is 21.1 Å². The Morgan fingerprint density at radius 1 is 1.21 bits per heavy atom. The Bertz CT molecular complexity index is 1400. The van der Waals surface area contributed by atoms with Crippen molar-refractivity contribution in [2.24, 2.45) is 0 Å². The zero-order chi connectivity index (χ0) is 23.7. The number of aliphatic hydroxyl groups excluding tert-OH is 1. The van der Waals surface area contributed by atoms with E-state index in [1.165, 1.54) is 18.5 Å². The SMILES string of the molecule is N#Cc1c(N)ncnc1NCCc1nc2ccc(F)cc2c(N2CC(O)C2)c1-c1ccccn1. The summed E-state index contributed by atoms with van der Waals surface area (Å²) in [5, 5.41) is 23.2. The monoisotopic (exact) mass is 456 g/mol. The second-order valence-electron chi connectivity index (χ2n) is 7.99. The Kier molecular flexibility index (Phi) is 5.61. The first-order valence-corrected chi connectivity index (χ1v) is 10.8. The van der Waals surface area contributed by atoms with Crippen LogP contribution >= 0.6 is 0 Å². The van der Waals surface area contributed by atoms with Crippen LogP contribution in [0.4, 0.5) is 21.7 Å². The van der Waals surface area contributed by atoms with Crippen molar-refractivity contribution in [2.45, 2.75) is 12.5 Å². The van der Waals surface area contributed by atoms with E-state index in [1.54, 1.807) is 12.3 Å². The molecule has 0 radical (unpaired) electrons. The minimum absolute atomic E-state index is 0.110. The van der Waals surface area contributed by atoms with Crippen LogP contribution in [0.25, 0.3) is 22.2 Å². The van der Waals surface area contributed by atoms with Crippen LogP contribution in [0.3, 0.4) is 0 Å². The van der Waals surface area contributed by atoms with E-state index in [4.69, 9.17) is 10.7 Å². The number of nitrogens with zero attached hydrogens (tertiary/aromatic N) is 6. The standard InChI is InChI=1S/C24H21FN8O/c25-14-4-5-18-16(9-14)22(33-11-15(34)12-33)21(19-3-1-2-7-28-19)20(32-18)6-8-29-24-17(10-26)23(27)30-13-31-24/h1-5,7,9,13,15,34H,6,8,11-12H2,(H3,27,29,30,31). The van der Waals surface area contributed by atoms with Gasteiger partial charge in [0.25, 0.3) is 0 Å². The molecular formula is C24H21FN8O. The third-order valence-corrected chi connectivity index (χ3v) is 5.74. The quantitative estimate of drug-likeness (QED) is 0.400. The van der Waals surface area contributed by atoms with E-state index < -0.39 is 6.10 Å². The van der Waals surface area contributed by atoms with E-state index in [-0.39, 0.29) is 17.2 Å². The predicted molar refractivity (Wildman–Crippen MR) is 127 cm³/mol. The minimum atomic E-state index is -0.439. The Labute approximate surface area is 194 Å². The first-order chi connectivity index (χ1) is 16.5. The maximum absolute atomic E-state index is 14.2. The molecule has 3 aromatic heterocycles. The third kappa shape index (κ3) is 3.93. The van der Waals surface area contributed by atoms with Crippen molar-refractivity contribution in [3.8, 4) is 17.3 Å². The second-order valence-corrected chi connectivity index (χ2v) is 7.99. The number of nitrogens with one attached hydrogen (secondary N) is 1. The van der Waals surface area contributed by atoms with E-state index >= 15 is 0 Å². The molecule has 34 heavy (non-hydrogen) atoms. The van der Waals surface area contributed by atoms with Gasteiger partial charge in [-0.05, 0) is 30.3 Å². The Hall–Kier alpha value is -4.36. The van der Waals surface area contributed by atoms with Gasteiger partial charge in [-0.3, -0.25) is 9.97 Å². The molecular weight excluding hydrogens is 435 g/mol. The van der Waals surface area contributed by atoms with Gasteiger partial charge in [-0.25, -0.2) is 14.4 Å².